The van der Waals surface area contributed by atoms with Gasteiger partial charge in [0.05, 0.1) is 21.8 Å². The number of halogens is 2. The van der Waals surface area contributed by atoms with Crippen molar-refractivity contribution in [2.45, 2.75) is 0 Å². The Labute approximate surface area is 157 Å². The maximum absolute atomic E-state index is 11.9. The number of hydrogen-bond acceptors (Lipinski definition) is 6. The van der Waals surface area contributed by atoms with Crippen molar-refractivity contribution < 1.29 is 4.79 Å². The number of thiazole rings is 1. The van der Waals surface area contributed by atoms with Crippen molar-refractivity contribution in [1.82, 2.24) is 15.4 Å². The predicted molar refractivity (Wildman–Crippen MR) is 101 cm³/mol. The first-order valence-corrected chi connectivity index (χ1v) is 8.62. The average molecular weight is 392 g/mol. The molecule has 2 N–H and O–H groups in total. The van der Waals surface area contributed by atoms with Gasteiger partial charge in [0.25, 0.3) is 5.91 Å². The zero-order valence-corrected chi connectivity index (χ0v) is 14.9. The van der Waals surface area contributed by atoms with Gasteiger partial charge >= 0.3 is 0 Å². The highest BCUT2D eigenvalue weighted by atomic mass is 35.5. The lowest BCUT2D eigenvalue weighted by molar-refractivity contribution is 0.0955. The summed E-state index contributed by atoms with van der Waals surface area (Å²) in [7, 11) is 0. The molecule has 0 unspecified atom stereocenters. The molecule has 2 aromatic heterocycles. The summed E-state index contributed by atoms with van der Waals surface area (Å²) in [6.45, 7) is 0. The van der Waals surface area contributed by atoms with Gasteiger partial charge < -0.3 is 5.32 Å². The maximum Gasteiger partial charge on any atom is 0.271 e. The molecule has 0 aliphatic heterocycles. The highest BCUT2D eigenvalue weighted by molar-refractivity contribution is 7.17. The number of anilines is 2. The number of hydrazone groups is 1. The summed E-state index contributed by atoms with van der Waals surface area (Å²) in [6, 6.07) is 10.5. The van der Waals surface area contributed by atoms with Crippen LogP contribution in [0.15, 0.2) is 53.9 Å². The van der Waals surface area contributed by atoms with Gasteiger partial charge in [-0.1, -0.05) is 46.7 Å². The Bertz CT molecular complexity index is 914. The van der Waals surface area contributed by atoms with Crippen molar-refractivity contribution in [3.8, 4) is 0 Å². The van der Waals surface area contributed by atoms with Crippen LogP contribution in [0.3, 0.4) is 0 Å². The van der Waals surface area contributed by atoms with Gasteiger partial charge in [-0.25, -0.2) is 10.4 Å². The van der Waals surface area contributed by atoms with E-state index in [0.29, 0.717) is 20.6 Å². The second-order valence-corrected chi connectivity index (χ2v) is 6.51. The molecule has 25 heavy (non-hydrogen) atoms. The quantitative estimate of drug-likeness (QED) is 0.500. The Hall–Kier alpha value is -2.48. The molecule has 0 fully saturated rings. The van der Waals surface area contributed by atoms with Gasteiger partial charge in [0.15, 0.2) is 10.3 Å². The third-order valence-electron chi connectivity index (χ3n) is 3.02. The SMILES string of the molecule is O=C(N/N=C/c1sc(Nc2ccccc2Cl)nc1Cl)c1ccncc1. The van der Waals surface area contributed by atoms with Crippen LogP contribution in [-0.2, 0) is 0 Å². The minimum atomic E-state index is -0.339. The maximum atomic E-state index is 11.9. The van der Waals surface area contributed by atoms with Gasteiger partial charge in [-0.2, -0.15) is 5.10 Å². The van der Waals surface area contributed by atoms with E-state index in [1.165, 1.54) is 29.9 Å². The van der Waals surface area contributed by atoms with Crippen molar-refractivity contribution in [2.24, 2.45) is 5.10 Å². The van der Waals surface area contributed by atoms with Crippen molar-refractivity contribution in [2.75, 3.05) is 5.32 Å². The van der Waals surface area contributed by atoms with Crippen LogP contribution in [0, 0.1) is 0 Å². The number of rotatable bonds is 5. The summed E-state index contributed by atoms with van der Waals surface area (Å²) in [5, 5.41) is 8.42. The average Bonchev–Trinajstić information content (AvgIpc) is 2.97. The molecule has 3 rings (SSSR count). The molecule has 1 aromatic carbocycles. The summed E-state index contributed by atoms with van der Waals surface area (Å²) in [5.74, 6) is -0.339. The standard InChI is InChI=1S/C16H11Cl2N5OS/c17-11-3-1-2-4-12(11)21-16-22-14(18)13(25-16)9-20-23-15(24)10-5-7-19-8-6-10/h1-9H,(H,21,22)(H,23,24)/b20-9+. The Kier molecular flexibility index (Phi) is 5.60. The number of carbonyl (C=O) groups excluding carboxylic acids is 1. The van der Waals surface area contributed by atoms with E-state index < -0.39 is 0 Å². The van der Waals surface area contributed by atoms with Gasteiger partial charge in [-0.05, 0) is 24.3 Å². The number of para-hydroxylation sites is 1. The summed E-state index contributed by atoms with van der Waals surface area (Å²) in [6.07, 6.45) is 4.51. The summed E-state index contributed by atoms with van der Waals surface area (Å²) in [4.78, 5) is 20.5. The fourth-order valence-electron chi connectivity index (χ4n) is 1.84. The molecule has 0 saturated carbocycles. The van der Waals surface area contributed by atoms with Gasteiger partial charge in [0.2, 0.25) is 0 Å². The van der Waals surface area contributed by atoms with Gasteiger partial charge in [0.1, 0.15) is 0 Å². The molecule has 0 atom stereocenters. The number of benzene rings is 1. The van der Waals surface area contributed by atoms with E-state index in [-0.39, 0.29) is 11.1 Å². The first-order valence-electron chi connectivity index (χ1n) is 7.05. The Balaban J connectivity index is 1.66. The van der Waals surface area contributed by atoms with Crippen LogP contribution < -0.4 is 10.7 Å². The predicted octanol–water partition coefficient (Wildman–Crippen LogP) is 4.35. The monoisotopic (exact) mass is 391 g/mol. The van der Waals surface area contributed by atoms with Crippen molar-refractivity contribution >= 4 is 57.5 Å². The van der Waals surface area contributed by atoms with Crippen molar-refractivity contribution in [3.05, 3.63) is 69.4 Å². The number of nitrogens with zero attached hydrogens (tertiary/aromatic N) is 3. The van der Waals surface area contributed by atoms with E-state index in [1.54, 1.807) is 18.2 Å². The Morgan fingerprint density at radius 3 is 2.68 bits per heavy atom. The van der Waals surface area contributed by atoms with Gasteiger partial charge in [-0.15, -0.1) is 0 Å². The summed E-state index contributed by atoms with van der Waals surface area (Å²) >= 11 is 13.5. The molecule has 2 heterocycles. The molecule has 0 aliphatic carbocycles. The number of pyridine rings is 1. The van der Waals surface area contributed by atoms with Gasteiger partial charge in [-0.3, -0.25) is 9.78 Å². The lowest BCUT2D eigenvalue weighted by Crippen LogP contribution is -2.17. The first kappa shape index (κ1) is 17.3. The molecule has 3 aromatic rings. The molecule has 0 saturated heterocycles. The number of carbonyl (C=O) groups is 1. The molecular weight excluding hydrogens is 381 g/mol. The molecule has 9 heteroatoms. The van der Waals surface area contributed by atoms with Crippen LogP contribution in [-0.4, -0.2) is 22.1 Å². The summed E-state index contributed by atoms with van der Waals surface area (Å²) < 4.78 is 0. The number of amides is 1. The molecule has 1 amide bonds. The number of aromatic nitrogens is 2. The van der Waals surface area contributed by atoms with Crippen molar-refractivity contribution in [3.63, 3.8) is 0 Å². The molecule has 0 radical (unpaired) electrons. The minimum Gasteiger partial charge on any atom is -0.330 e. The summed E-state index contributed by atoms with van der Waals surface area (Å²) in [5.41, 5.74) is 3.61. The zero-order valence-electron chi connectivity index (χ0n) is 12.6. The first-order chi connectivity index (χ1) is 12.1. The zero-order chi connectivity index (χ0) is 17.6. The third-order valence-corrected chi connectivity index (χ3v) is 4.65. The fourth-order valence-corrected chi connectivity index (χ4v) is 3.07. The topological polar surface area (TPSA) is 79.3 Å². The molecule has 0 spiro atoms. The molecule has 126 valence electrons. The van der Waals surface area contributed by atoms with E-state index in [2.05, 4.69) is 25.8 Å². The smallest absolute Gasteiger partial charge is 0.271 e. The lowest BCUT2D eigenvalue weighted by atomic mass is 10.3. The van der Waals surface area contributed by atoms with E-state index in [1.807, 2.05) is 18.2 Å². The van der Waals surface area contributed by atoms with Crippen LogP contribution in [0.2, 0.25) is 10.2 Å². The molecule has 0 bridgehead atoms. The Morgan fingerprint density at radius 2 is 1.92 bits per heavy atom. The van der Waals surface area contributed by atoms with Crippen LogP contribution in [0.4, 0.5) is 10.8 Å². The second-order valence-electron chi connectivity index (χ2n) is 4.71. The van der Waals surface area contributed by atoms with Crippen molar-refractivity contribution in [1.29, 1.82) is 0 Å². The van der Waals surface area contributed by atoms with E-state index >= 15 is 0 Å². The molecule has 6 nitrogen and oxygen atoms in total. The normalized spacial score (nSPS) is 10.8. The highest BCUT2D eigenvalue weighted by Crippen LogP contribution is 2.30. The van der Waals surface area contributed by atoms with Crippen LogP contribution >= 0.6 is 34.5 Å². The lowest BCUT2D eigenvalue weighted by Gasteiger charge is -2.03. The second kappa shape index (κ2) is 8.06. The minimum absolute atomic E-state index is 0.279. The van der Waals surface area contributed by atoms with E-state index in [0.717, 1.165) is 5.69 Å². The highest BCUT2D eigenvalue weighted by Gasteiger charge is 2.09. The largest absolute Gasteiger partial charge is 0.330 e. The molecule has 0 aliphatic rings. The molecular formula is C16H11Cl2N5OS. The van der Waals surface area contributed by atoms with E-state index in [4.69, 9.17) is 23.2 Å². The van der Waals surface area contributed by atoms with Crippen LogP contribution in [0.1, 0.15) is 15.2 Å². The fraction of sp³-hybridized carbons (Fsp3) is 0. The van der Waals surface area contributed by atoms with Crippen LogP contribution in [0.5, 0.6) is 0 Å². The number of nitrogens with one attached hydrogen (secondary N) is 2. The third kappa shape index (κ3) is 4.54. The van der Waals surface area contributed by atoms with Crippen LogP contribution in [0.25, 0.3) is 0 Å². The number of hydrogen-bond donors (Lipinski definition) is 2. The van der Waals surface area contributed by atoms with Gasteiger partial charge in [0, 0.05) is 18.0 Å². The van der Waals surface area contributed by atoms with E-state index in [9.17, 15) is 4.79 Å². The Morgan fingerprint density at radius 1 is 1.16 bits per heavy atom.